The highest BCUT2D eigenvalue weighted by Gasteiger charge is 2.28. The largest absolute Gasteiger partial charge is 0.486 e. The molecule has 4 aromatic carbocycles. The van der Waals surface area contributed by atoms with Crippen molar-refractivity contribution in [2.45, 2.75) is 11.0 Å². The van der Waals surface area contributed by atoms with Crippen molar-refractivity contribution in [1.82, 2.24) is 5.32 Å². The second-order valence-corrected chi connectivity index (χ2v) is 10.4. The number of rotatable bonds is 9. The van der Waals surface area contributed by atoms with Crippen LogP contribution < -0.4 is 23.8 Å². The number of carbonyl (C=O) groups excluding carboxylic acids is 1. The van der Waals surface area contributed by atoms with Gasteiger partial charge in [0, 0.05) is 0 Å². The molecule has 0 bridgehead atoms. The quantitative estimate of drug-likeness (QED) is 0.339. The summed E-state index contributed by atoms with van der Waals surface area (Å²) in [6.07, 6.45) is -0.401. The Bertz CT molecular complexity index is 1480. The lowest BCUT2D eigenvalue weighted by atomic mass is 10.2. The number of nitrogens with one attached hydrogen (secondary N) is 1. The molecule has 0 saturated heterocycles. The average Bonchev–Trinajstić information content (AvgIpc) is 2.96. The Morgan fingerprint density at radius 3 is 2.13 bits per heavy atom. The third-order valence-corrected chi connectivity index (χ3v) is 7.60. The lowest BCUT2D eigenvalue weighted by molar-refractivity contribution is -0.120. The fourth-order valence-corrected chi connectivity index (χ4v) is 5.36. The van der Waals surface area contributed by atoms with E-state index in [1.54, 1.807) is 48.5 Å². The SMILES string of the molecule is O=C(CN(c1ccc(Oc2ccccc2)cc1)S(=O)(=O)c1ccccc1)NC[C@@H]1COc2ccccc2O1. The Morgan fingerprint density at radius 2 is 1.42 bits per heavy atom. The number of hydrogen-bond acceptors (Lipinski definition) is 6. The minimum absolute atomic E-state index is 0.0815. The lowest BCUT2D eigenvalue weighted by Gasteiger charge is -2.27. The van der Waals surface area contributed by atoms with Crippen molar-refractivity contribution in [3.8, 4) is 23.0 Å². The van der Waals surface area contributed by atoms with Crippen LogP contribution in [-0.4, -0.2) is 40.1 Å². The first-order valence-electron chi connectivity index (χ1n) is 12.0. The van der Waals surface area contributed by atoms with Gasteiger partial charge >= 0.3 is 0 Å². The fraction of sp³-hybridized carbons (Fsp3) is 0.138. The fourth-order valence-electron chi connectivity index (χ4n) is 3.92. The predicted octanol–water partition coefficient (Wildman–Crippen LogP) is 4.63. The molecule has 0 fully saturated rings. The van der Waals surface area contributed by atoms with Crippen molar-refractivity contribution in [1.29, 1.82) is 0 Å². The van der Waals surface area contributed by atoms with E-state index in [0.717, 1.165) is 4.31 Å². The maximum absolute atomic E-state index is 13.6. The van der Waals surface area contributed by atoms with Crippen molar-refractivity contribution < 1.29 is 27.4 Å². The number of fused-ring (bicyclic) bond motifs is 1. The monoisotopic (exact) mass is 530 g/mol. The van der Waals surface area contributed by atoms with Crippen molar-refractivity contribution in [2.75, 3.05) is 24.0 Å². The van der Waals surface area contributed by atoms with Crippen LogP contribution in [0.1, 0.15) is 0 Å². The number of sulfonamides is 1. The van der Waals surface area contributed by atoms with Gasteiger partial charge in [-0.1, -0.05) is 48.5 Å². The molecule has 0 radical (unpaired) electrons. The highest BCUT2D eigenvalue weighted by atomic mass is 32.2. The molecule has 0 unspecified atom stereocenters. The molecular formula is C29H26N2O6S. The highest BCUT2D eigenvalue weighted by molar-refractivity contribution is 7.92. The second-order valence-electron chi connectivity index (χ2n) is 8.54. The van der Waals surface area contributed by atoms with Gasteiger partial charge in [0.25, 0.3) is 10.0 Å². The summed E-state index contributed by atoms with van der Waals surface area (Å²) in [7, 11) is -4.03. The summed E-state index contributed by atoms with van der Waals surface area (Å²) < 4.78 is 45.6. The van der Waals surface area contributed by atoms with Crippen LogP contribution in [-0.2, 0) is 14.8 Å². The van der Waals surface area contributed by atoms with Crippen LogP contribution in [0.15, 0.2) is 114 Å². The topological polar surface area (TPSA) is 94.2 Å². The molecule has 0 aromatic heterocycles. The summed E-state index contributed by atoms with van der Waals surface area (Å²) in [6.45, 7) is 0.0166. The van der Waals surface area contributed by atoms with E-state index in [-0.39, 0.29) is 18.0 Å². The summed E-state index contributed by atoms with van der Waals surface area (Å²) >= 11 is 0. The number of nitrogens with zero attached hydrogens (tertiary/aromatic N) is 1. The molecule has 1 atom stereocenters. The van der Waals surface area contributed by atoms with Crippen LogP contribution >= 0.6 is 0 Å². The van der Waals surface area contributed by atoms with Gasteiger partial charge in [-0.15, -0.1) is 0 Å². The van der Waals surface area contributed by atoms with E-state index >= 15 is 0 Å². The van der Waals surface area contributed by atoms with Gasteiger partial charge in [-0.25, -0.2) is 8.42 Å². The van der Waals surface area contributed by atoms with Crippen LogP contribution in [0.4, 0.5) is 5.69 Å². The molecule has 38 heavy (non-hydrogen) atoms. The standard InChI is InChI=1S/C29H26N2O6S/c32-29(30-19-25-21-35-27-13-7-8-14-28(27)37-25)20-31(38(33,34)26-11-5-2-6-12-26)22-15-17-24(18-16-22)36-23-9-3-1-4-10-23/h1-18,25H,19-21H2,(H,30,32)/t25-/m1/s1. The molecule has 1 aliphatic heterocycles. The minimum Gasteiger partial charge on any atom is -0.486 e. The number of benzene rings is 4. The third kappa shape index (κ3) is 5.90. The summed E-state index contributed by atoms with van der Waals surface area (Å²) in [5.41, 5.74) is 0.329. The van der Waals surface area contributed by atoms with Crippen molar-refractivity contribution in [3.63, 3.8) is 0 Å². The molecule has 1 heterocycles. The maximum Gasteiger partial charge on any atom is 0.264 e. The first-order chi connectivity index (χ1) is 18.5. The molecule has 8 nitrogen and oxygen atoms in total. The summed E-state index contributed by atoms with van der Waals surface area (Å²) in [4.78, 5) is 13.0. The summed E-state index contributed by atoms with van der Waals surface area (Å²) in [6, 6.07) is 31.1. The van der Waals surface area contributed by atoms with Crippen LogP contribution in [0.5, 0.6) is 23.0 Å². The number of anilines is 1. The Morgan fingerprint density at radius 1 is 0.816 bits per heavy atom. The van der Waals surface area contributed by atoms with Crippen LogP contribution in [0.25, 0.3) is 0 Å². The average molecular weight is 531 g/mol. The smallest absolute Gasteiger partial charge is 0.264 e. The zero-order chi connectivity index (χ0) is 26.4. The summed E-state index contributed by atoms with van der Waals surface area (Å²) in [5.74, 6) is 1.97. The normalized spacial score (nSPS) is 14.4. The zero-order valence-corrected chi connectivity index (χ0v) is 21.2. The van der Waals surface area contributed by atoms with Crippen molar-refractivity contribution in [2.24, 2.45) is 0 Å². The number of para-hydroxylation sites is 3. The zero-order valence-electron chi connectivity index (χ0n) is 20.4. The van der Waals surface area contributed by atoms with Gasteiger partial charge in [0.2, 0.25) is 5.91 Å². The van der Waals surface area contributed by atoms with E-state index in [0.29, 0.717) is 28.7 Å². The van der Waals surface area contributed by atoms with E-state index < -0.39 is 28.6 Å². The predicted molar refractivity (Wildman–Crippen MR) is 143 cm³/mol. The lowest BCUT2D eigenvalue weighted by Crippen LogP contribution is -2.45. The van der Waals surface area contributed by atoms with Crippen LogP contribution in [0.2, 0.25) is 0 Å². The van der Waals surface area contributed by atoms with E-state index in [2.05, 4.69) is 5.32 Å². The molecule has 5 rings (SSSR count). The summed E-state index contributed by atoms with van der Waals surface area (Å²) in [5, 5.41) is 2.78. The van der Waals surface area contributed by atoms with Gasteiger partial charge in [0.15, 0.2) is 11.5 Å². The molecule has 9 heteroatoms. The number of hydrogen-bond donors (Lipinski definition) is 1. The highest BCUT2D eigenvalue weighted by Crippen LogP contribution is 2.31. The third-order valence-electron chi connectivity index (χ3n) is 5.82. The Hall–Kier alpha value is -4.50. The van der Waals surface area contributed by atoms with E-state index in [9.17, 15) is 13.2 Å². The minimum atomic E-state index is -4.03. The molecule has 1 aliphatic rings. The molecule has 0 aliphatic carbocycles. The molecule has 4 aromatic rings. The molecule has 0 spiro atoms. The van der Waals surface area contributed by atoms with Gasteiger partial charge in [0.1, 0.15) is 30.8 Å². The molecule has 0 saturated carbocycles. The molecule has 1 amide bonds. The van der Waals surface area contributed by atoms with E-state index in [4.69, 9.17) is 14.2 Å². The molecule has 1 N–H and O–H groups in total. The van der Waals surface area contributed by atoms with Crippen molar-refractivity contribution >= 4 is 21.6 Å². The Kier molecular flexibility index (Phi) is 7.46. The maximum atomic E-state index is 13.6. The molecule has 194 valence electrons. The van der Waals surface area contributed by atoms with Gasteiger partial charge < -0.3 is 19.5 Å². The van der Waals surface area contributed by atoms with Gasteiger partial charge in [0.05, 0.1) is 17.1 Å². The molecular weight excluding hydrogens is 504 g/mol. The van der Waals surface area contributed by atoms with Gasteiger partial charge in [-0.2, -0.15) is 0 Å². The van der Waals surface area contributed by atoms with Gasteiger partial charge in [-0.05, 0) is 60.7 Å². The van der Waals surface area contributed by atoms with Crippen LogP contribution in [0.3, 0.4) is 0 Å². The first-order valence-corrected chi connectivity index (χ1v) is 13.5. The number of ether oxygens (including phenoxy) is 3. The Balaban J connectivity index is 1.31. The van der Waals surface area contributed by atoms with Gasteiger partial charge in [-0.3, -0.25) is 9.10 Å². The van der Waals surface area contributed by atoms with E-state index in [1.165, 1.54) is 12.1 Å². The van der Waals surface area contributed by atoms with E-state index in [1.807, 2.05) is 48.5 Å². The Labute approximate surface area is 221 Å². The van der Waals surface area contributed by atoms with Crippen molar-refractivity contribution in [3.05, 3.63) is 109 Å². The van der Waals surface area contributed by atoms with Crippen LogP contribution in [0, 0.1) is 0 Å². The number of carbonyl (C=O) groups is 1. The number of amides is 1. The first kappa shape index (κ1) is 25.2. The second kappa shape index (κ2) is 11.3.